The molecule has 4 rings (SSSR count). The molecule has 2 nitrogen and oxygen atoms in total. The van der Waals surface area contributed by atoms with Gasteiger partial charge in [0.25, 0.3) is 0 Å². The van der Waals surface area contributed by atoms with Gasteiger partial charge in [-0.15, -0.1) is 0 Å². The van der Waals surface area contributed by atoms with Crippen molar-refractivity contribution in [3.8, 4) is 0 Å². The molecule has 4 aromatic rings. The van der Waals surface area contributed by atoms with Crippen LogP contribution in [0, 0.1) is 0 Å². The minimum atomic E-state index is -2.98. The van der Waals surface area contributed by atoms with E-state index < -0.39 is 7.14 Å². The summed E-state index contributed by atoms with van der Waals surface area (Å²) in [5, 5.41) is 4.44. The molecule has 3 aromatic carbocycles. The quantitative estimate of drug-likeness (QED) is 0.534. The molecule has 0 unspecified atom stereocenters. The molecular weight excluding hydrogens is 313 g/mol. The summed E-state index contributed by atoms with van der Waals surface area (Å²) >= 11 is 0. The van der Waals surface area contributed by atoms with Crippen molar-refractivity contribution < 1.29 is 4.57 Å². The number of hydrogen-bond acceptors (Lipinski definition) is 2. The molecule has 0 radical (unpaired) electrons. The zero-order valence-corrected chi connectivity index (χ0v) is 13.9. The highest BCUT2D eigenvalue weighted by atomic mass is 31.2. The Kier molecular flexibility index (Phi) is 3.76. The highest BCUT2D eigenvalue weighted by Gasteiger charge is 2.31. The minimum absolute atomic E-state index is 0.790. The Morgan fingerprint density at radius 2 is 1.17 bits per heavy atom. The minimum Gasteiger partial charge on any atom is -0.309 e. The molecule has 1 aromatic heterocycles. The van der Waals surface area contributed by atoms with Crippen LogP contribution in [-0.4, -0.2) is 4.98 Å². The van der Waals surface area contributed by atoms with Crippen LogP contribution in [0.5, 0.6) is 0 Å². The molecule has 0 aliphatic rings. The van der Waals surface area contributed by atoms with E-state index in [0.717, 1.165) is 26.7 Å². The summed E-state index contributed by atoms with van der Waals surface area (Å²) in [6, 6.07) is 27.4. The van der Waals surface area contributed by atoms with Gasteiger partial charge in [-0.05, 0) is 5.39 Å². The molecule has 0 spiro atoms. The van der Waals surface area contributed by atoms with Crippen molar-refractivity contribution in [2.45, 2.75) is 0 Å². The fourth-order valence-electron chi connectivity index (χ4n) is 3.05. The van der Waals surface area contributed by atoms with E-state index in [4.69, 9.17) is 0 Å². The second-order valence-electron chi connectivity index (χ2n) is 5.66. The van der Waals surface area contributed by atoms with E-state index in [-0.39, 0.29) is 0 Å². The first kappa shape index (κ1) is 14.9. The Morgan fingerprint density at radius 3 is 1.79 bits per heavy atom. The monoisotopic (exact) mass is 329 g/mol. The predicted molar refractivity (Wildman–Crippen MR) is 101 cm³/mol. The molecule has 0 amide bonds. The number of benzene rings is 3. The maximum absolute atomic E-state index is 14.4. The van der Waals surface area contributed by atoms with E-state index in [2.05, 4.69) is 4.98 Å². The third-order valence-electron chi connectivity index (χ3n) is 4.23. The third kappa shape index (κ3) is 2.36. The van der Waals surface area contributed by atoms with E-state index >= 15 is 0 Å². The highest BCUT2D eigenvalue weighted by Crippen LogP contribution is 2.43. The average Bonchev–Trinajstić information content (AvgIpc) is 2.68. The normalized spacial score (nSPS) is 11.5. The van der Waals surface area contributed by atoms with E-state index in [0.29, 0.717) is 0 Å². The van der Waals surface area contributed by atoms with Crippen LogP contribution in [0.4, 0.5) is 0 Å². The zero-order chi connectivity index (χ0) is 16.4. The van der Waals surface area contributed by atoms with Crippen LogP contribution in [-0.2, 0) is 4.57 Å². The third-order valence-corrected chi connectivity index (χ3v) is 7.31. The SMILES string of the molecule is O=P(c1ccccc1)(c1ccccc1)c1cncc2ccccc12. The van der Waals surface area contributed by atoms with Crippen LogP contribution in [0.3, 0.4) is 0 Å². The topological polar surface area (TPSA) is 30.0 Å². The van der Waals surface area contributed by atoms with Gasteiger partial charge in [0.2, 0.25) is 0 Å². The Hall–Kier alpha value is -2.70. The first-order valence-electron chi connectivity index (χ1n) is 7.85. The first-order chi connectivity index (χ1) is 11.8. The standard InChI is InChI=1S/C21H16NOP/c23-24(18-10-3-1-4-11-18,19-12-5-2-6-13-19)21-16-22-15-17-9-7-8-14-20(17)21/h1-16H. The summed E-state index contributed by atoms with van der Waals surface area (Å²) in [5.41, 5.74) is 0. The van der Waals surface area contributed by atoms with Crippen LogP contribution in [0.2, 0.25) is 0 Å². The van der Waals surface area contributed by atoms with Crippen molar-refractivity contribution in [1.29, 1.82) is 0 Å². The number of aromatic nitrogens is 1. The number of rotatable bonds is 3. The lowest BCUT2D eigenvalue weighted by molar-refractivity contribution is 0.592. The summed E-state index contributed by atoms with van der Waals surface area (Å²) in [7, 11) is -2.98. The van der Waals surface area contributed by atoms with Gasteiger partial charge in [0.1, 0.15) is 0 Å². The van der Waals surface area contributed by atoms with E-state index in [1.807, 2.05) is 91.1 Å². The Bertz CT molecular complexity index is 980. The van der Waals surface area contributed by atoms with Gasteiger partial charge in [-0.25, -0.2) is 0 Å². The molecule has 0 bridgehead atoms. The zero-order valence-electron chi connectivity index (χ0n) is 13.0. The van der Waals surface area contributed by atoms with Crippen LogP contribution in [0.15, 0.2) is 97.3 Å². The highest BCUT2D eigenvalue weighted by molar-refractivity contribution is 7.85. The molecule has 0 saturated heterocycles. The average molecular weight is 329 g/mol. The lowest BCUT2D eigenvalue weighted by Crippen LogP contribution is -2.25. The fourth-order valence-corrected chi connectivity index (χ4v) is 5.87. The molecule has 116 valence electrons. The van der Waals surface area contributed by atoms with Crippen molar-refractivity contribution >= 4 is 33.8 Å². The van der Waals surface area contributed by atoms with Gasteiger partial charge < -0.3 is 4.57 Å². The van der Waals surface area contributed by atoms with Crippen molar-refractivity contribution in [2.75, 3.05) is 0 Å². The number of hydrogen-bond donors (Lipinski definition) is 0. The van der Waals surface area contributed by atoms with Gasteiger partial charge in [0.05, 0.1) is 0 Å². The number of pyridine rings is 1. The van der Waals surface area contributed by atoms with Gasteiger partial charge in [0, 0.05) is 33.7 Å². The number of fused-ring (bicyclic) bond motifs is 1. The molecule has 3 heteroatoms. The Balaban J connectivity index is 2.09. The van der Waals surface area contributed by atoms with Crippen LogP contribution < -0.4 is 15.9 Å². The molecule has 0 aliphatic carbocycles. The molecule has 0 aliphatic heterocycles. The van der Waals surface area contributed by atoms with Gasteiger partial charge in [0.15, 0.2) is 7.14 Å². The molecule has 1 heterocycles. The lowest BCUT2D eigenvalue weighted by atomic mass is 10.2. The molecule has 24 heavy (non-hydrogen) atoms. The smallest absolute Gasteiger partial charge is 0.173 e. The lowest BCUT2D eigenvalue weighted by Gasteiger charge is -2.21. The van der Waals surface area contributed by atoms with E-state index in [9.17, 15) is 4.57 Å². The maximum Gasteiger partial charge on any atom is 0.173 e. The van der Waals surface area contributed by atoms with Crippen LogP contribution >= 0.6 is 7.14 Å². The summed E-state index contributed by atoms with van der Waals surface area (Å²) in [5.74, 6) is 0. The Morgan fingerprint density at radius 1 is 0.625 bits per heavy atom. The first-order valence-corrected chi connectivity index (χ1v) is 9.55. The molecule has 0 saturated carbocycles. The molecule has 0 N–H and O–H groups in total. The summed E-state index contributed by atoms with van der Waals surface area (Å²) in [6.45, 7) is 0. The Labute approximate surface area is 141 Å². The largest absolute Gasteiger partial charge is 0.309 e. The van der Waals surface area contributed by atoms with Crippen LogP contribution in [0.25, 0.3) is 10.8 Å². The van der Waals surface area contributed by atoms with Gasteiger partial charge in [-0.2, -0.15) is 0 Å². The fraction of sp³-hybridized carbons (Fsp3) is 0. The van der Waals surface area contributed by atoms with Crippen molar-refractivity contribution in [3.05, 3.63) is 97.3 Å². The summed E-state index contributed by atoms with van der Waals surface area (Å²) < 4.78 is 14.4. The maximum atomic E-state index is 14.4. The molecule has 0 fully saturated rings. The van der Waals surface area contributed by atoms with E-state index in [1.54, 1.807) is 6.20 Å². The van der Waals surface area contributed by atoms with Crippen LogP contribution in [0.1, 0.15) is 0 Å². The molecule has 0 atom stereocenters. The number of nitrogens with zero attached hydrogens (tertiary/aromatic N) is 1. The van der Waals surface area contributed by atoms with Crippen molar-refractivity contribution in [2.24, 2.45) is 0 Å². The second kappa shape index (κ2) is 6.07. The van der Waals surface area contributed by atoms with E-state index in [1.165, 1.54) is 0 Å². The molecular formula is C21H16NOP. The van der Waals surface area contributed by atoms with Gasteiger partial charge >= 0.3 is 0 Å². The predicted octanol–water partition coefficient (Wildman–Crippen LogP) is 3.87. The van der Waals surface area contributed by atoms with Gasteiger partial charge in [-0.3, -0.25) is 4.98 Å². The van der Waals surface area contributed by atoms with Gasteiger partial charge in [-0.1, -0.05) is 84.9 Å². The summed E-state index contributed by atoms with van der Waals surface area (Å²) in [4.78, 5) is 4.36. The van der Waals surface area contributed by atoms with Crippen molar-refractivity contribution in [3.63, 3.8) is 0 Å². The second-order valence-corrected chi connectivity index (χ2v) is 8.39. The van der Waals surface area contributed by atoms with Crippen molar-refractivity contribution in [1.82, 2.24) is 4.98 Å². The summed E-state index contributed by atoms with van der Waals surface area (Å²) in [6.07, 6.45) is 3.57.